The summed E-state index contributed by atoms with van der Waals surface area (Å²) >= 11 is 0. The van der Waals surface area contributed by atoms with Crippen LogP contribution in [0.25, 0.3) is 0 Å². The summed E-state index contributed by atoms with van der Waals surface area (Å²) in [6, 6.07) is 5.17. The SMILES string of the molecule is CCCn1cccc1CNC1CCCCCC1. The molecule has 1 aliphatic rings. The number of hydrogen-bond acceptors (Lipinski definition) is 1. The average molecular weight is 234 g/mol. The molecule has 2 rings (SSSR count). The highest BCUT2D eigenvalue weighted by Gasteiger charge is 2.11. The summed E-state index contributed by atoms with van der Waals surface area (Å²) in [6.07, 6.45) is 11.8. The minimum atomic E-state index is 0.752. The first-order valence-electron chi connectivity index (χ1n) is 7.27. The van der Waals surface area contributed by atoms with Crippen LogP contribution in [0, 0.1) is 0 Å². The van der Waals surface area contributed by atoms with Crippen LogP contribution >= 0.6 is 0 Å². The number of rotatable bonds is 5. The van der Waals surface area contributed by atoms with Crippen molar-refractivity contribution in [1.29, 1.82) is 0 Å². The van der Waals surface area contributed by atoms with Gasteiger partial charge < -0.3 is 9.88 Å². The maximum absolute atomic E-state index is 3.74. The molecule has 1 aromatic rings. The van der Waals surface area contributed by atoms with Crippen LogP contribution in [0.3, 0.4) is 0 Å². The summed E-state index contributed by atoms with van der Waals surface area (Å²) < 4.78 is 2.38. The van der Waals surface area contributed by atoms with Gasteiger partial charge in [-0.25, -0.2) is 0 Å². The van der Waals surface area contributed by atoms with E-state index in [4.69, 9.17) is 0 Å². The Morgan fingerprint density at radius 3 is 2.71 bits per heavy atom. The predicted octanol–water partition coefficient (Wildman–Crippen LogP) is 3.71. The van der Waals surface area contributed by atoms with Crippen molar-refractivity contribution in [3.05, 3.63) is 24.0 Å². The Hall–Kier alpha value is -0.760. The molecule has 0 unspecified atom stereocenters. The zero-order chi connectivity index (χ0) is 11.9. The van der Waals surface area contributed by atoms with Crippen LogP contribution in [0.5, 0.6) is 0 Å². The van der Waals surface area contributed by atoms with Crippen molar-refractivity contribution >= 4 is 0 Å². The van der Waals surface area contributed by atoms with E-state index >= 15 is 0 Å². The highest BCUT2D eigenvalue weighted by molar-refractivity contribution is 5.07. The van der Waals surface area contributed by atoms with E-state index in [0.717, 1.165) is 19.1 Å². The van der Waals surface area contributed by atoms with Crippen molar-refractivity contribution in [3.63, 3.8) is 0 Å². The summed E-state index contributed by atoms with van der Waals surface area (Å²) in [4.78, 5) is 0. The molecule has 2 nitrogen and oxygen atoms in total. The van der Waals surface area contributed by atoms with Gasteiger partial charge in [-0.1, -0.05) is 32.6 Å². The highest BCUT2D eigenvalue weighted by Crippen LogP contribution is 2.17. The number of nitrogens with zero attached hydrogens (tertiary/aromatic N) is 1. The summed E-state index contributed by atoms with van der Waals surface area (Å²) in [5.41, 5.74) is 1.44. The third-order valence-corrected chi connectivity index (χ3v) is 3.82. The Kier molecular flexibility index (Phi) is 5.11. The third-order valence-electron chi connectivity index (χ3n) is 3.82. The van der Waals surface area contributed by atoms with E-state index in [2.05, 4.69) is 35.1 Å². The second-order valence-corrected chi connectivity index (χ2v) is 5.26. The van der Waals surface area contributed by atoms with Crippen LogP contribution < -0.4 is 5.32 Å². The van der Waals surface area contributed by atoms with E-state index in [0.29, 0.717) is 0 Å². The predicted molar refractivity (Wildman–Crippen MR) is 73.1 cm³/mol. The van der Waals surface area contributed by atoms with Gasteiger partial charge in [0.05, 0.1) is 0 Å². The Morgan fingerprint density at radius 1 is 1.24 bits per heavy atom. The smallest absolute Gasteiger partial charge is 0.0361 e. The summed E-state index contributed by atoms with van der Waals surface area (Å²) in [6.45, 7) is 4.43. The van der Waals surface area contributed by atoms with E-state index < -0.39 is 0 Å². The molecule has 0 atom stereocenters. The molecule has 2 heteroatoms. The van der Waals surface area contributed by atoms with Gasteiger partial charge in [-0.3, -0.25) is 0 Å². The van der Waals surface area contributed by atoms with Gasteiger partial charge in [-0.2, -0.15) is 0 Å². The van der Waals surface area contributed by atoms with Gasteiger partial charge in [-0.05, 0) is 31.4 Å². The molecule has 0 bridgehead atoms. The number of nitrogens with one attached hydrogen (secondary N) is 1. The van der Waals surface area contributed by atoms with Gasteiger partial charge in [0.25, 0.3) is 0 Å². The Bertz CT molecular complexity index is 308. The minimum absolute atomic E-state index is 0.752. The highest BCUT2D eigenvalue weighted by atomic mass is 15.0. The van der Waals surface area contributed by atoms with E-state index in [1.165, 1.54) is 50.6 Å². The van der Waals surface area contributed by atoms with Crippen LogP contribution in [0.1, 0.15) is 57.6 Å². The molecule has 1 fully saturated rings. The molecule has 1 aliphatic carbocycles. The van der Waals surface area contributed by atoms with Crippen molar-refractivity contribution in [2.75, 3.05) is 0 Å². The summed E-state index contributed by atoms with van der Waals surface area (Å²) in [5, 5.41) is 3.74. The van der Waals surface area contributed by atoms with Crippen LogP contribution in [0.2, 0.25) is 0 Å². The molecular formula is C15H26N2. The molecule has 1 heterocycles. The molecule has 0 amide bonds. The molecule has 0 saturated heterocycles. The van der Waals surface area contributed by atoms with Crippen molar-refractivity contribution in [3.8, 4) is 0 Å². The normalized spacial score (nSPS) is 18.2. The molecule has 96 valence electrons. The quantitative estimate of drug-likeness (QED) is 0.769. The topological polar surface area (TPSA) is 17.0 Å². The van der Waals surface area contributed by atoms with Gasteiger partial charge >= 0.3 is 0 Å². The second-order valence-electron chi connectivity index (χ2n) is 5.26. The van der Waals surface area contributed by atoms with Crippen molar-refractivity contribution in [1.82, 2.24) is 9.88 Å². The monoisotopic (exact) mass is 234 g/mol. The molecule has 17 heavy (non-hydrogen) atoms. The first-order chi connectivity index (χ1) is 8.40. The number of aromatic nitrogens is 1. The lowest BCUT2D eigenvalue weighted by Gasteiger charge is -2.17. The first-order valence-corrected chi connectivity index (χ1v) is 7.27. The first kappa shape index (κ1) is 12.7. The molecule has 0 aromatic carbocycles. The van der Waals surface area contributed by atoms with Gasteiger partial charge in [0.2, 0.25) is 0 Å². The largest absolute Gasteiger partial charge is 0.350 e. The van der Waals surface area contributed by atoms with Crippen LogP contribution in [-0.4, -0.2) is 10.6 Å². The van der Waals surface area contributed by atoms with Crippen molar-refractivity contribution in [2.24, 2.45) is 0 Å². The molecular weight excluding hydrogens is 208 g/mol. The lowest BCUT2D eigenvalue weighted by atomic mass is 10.1. The zero-order valence-corrected chi connectivity index (χ0v) is 11.1. The van der Waals surface area contributed by atoms with Crippen molar-refractivity contribution < 1.29 is 0 Å². The Labute approximate surface area is 105 Å². The van der Waals surface area contributed by atoms with Crippen LogP contribution in [0.4, 0.5) is 0 Å². The standard InChI is InChI=1S/C15H26N2/c1-2-11-17-12-7-10-15(17)13-16-14-8-5-3-4-6-9-14/h7,10,12,14,16H,2-6,8-9,11,13H2,1H3. The summed E-state index contributed by atoms with van der Waals surface area (Å²) in [5.74, 6) is 0. The van der Waals surface area contributed by atoms with Gasteiger partial charge in [0.15, 0.2) is 0 Å². The maximum Gasteiger partial charge on any atom is 0.0361 e. The van der Waals surface area contributed by atoms with Gasteiger partial charge in [0.1, 0.15) is 0 Å². The lowest BCUT2D eigenvalue weighted by molar-refractivity contribution is 0.449. The minimum Gasteiger partial charge on any atom is -0.350 e. The van der Waals surface area contributed by atoms with Crippen molar-refractivity contribution in [2.45, 2.75) is 71.0 Å². The fraction of sp³-hybridized carbons (Fsp3) is 0.733. The lowest BCUT2D eigenvalue weighted by Crippen LogP contribution is -2.28. The van der Waals surface area contributed by atoms with E-state index in [9.17, 15) is 0 Å². The molecule has 1 N–H and O–H groups in total. The van der Waals surface area contributed by atoms with E-state index in [1.54, 1.807) is 0 Å². The van der Waals surface area contributed by atoms with Gasteiger partial charge in [0, 0.05) is 31.0 Å². The Morgan fingerprint density at radius 2 is 2.00 bits per heavy atom. The summed E-state index contributed by atoms with van der Waals surface area (Å²) in [7, 11) is 0. The van der Waals surface area contributed by atoms with Crippen LogP contribution in [-0.2, 0) is 13.1 Å². The Balaban J connectivity index is 1.81. The average Bonchev–Trinajstić information content (AvgIpc) is 2.63. The van der Waals surface area contributed by atoms with E-state index in [-0.39, 0.29) is 0 Å². The van der Waals surface area contributed by atoms with Crippen LogP contribution in [0.15, 0.2) is 18.3 Å². The van der Waals surface area contributed by atoms with E-state index in [1.807, 2.05) is 0 Å². The maximum atomic E-state index is 3.74. The zero-order valence-electron chi connectivity index (χ0n) is 11.1. The third kappa shape index (κ3) is 3.88. The second kappa shape index (κ2) is 6.85. The van der Waals surface area contributed by atoms with Gasteiger partial charge in [-0.15, -0.1) is 0 Å². The molecule has 0 spiro atoms. The fourth-order valence-corrected chi connectivity index (χ4v) is 2.80. The molecule has 0 aliphatic heterocycles. The molecule has 1 aromatic heterocycles. The number of aryl methyl sites for hydroxylation is 1. The fourth-order valence-electron chi connectivity index (χ4n) is 2.80. The number of hydrogen-bond donors (Lipinski definition) is 1. The molecule has 1 saturated carbocycles. The molecule has 0 radical (unpaired) electrons.